The van der Waals surface area contributed by atoms with Gasteiger partial charge in [-0.3, -0.25) is 9.69 Å². The molecule has 1 aromatic heterocycles. The lowest BCUT2D eigenvalue weighted by molar-refractivity contribution is -0.116. The number of hydrogen-bond acceptors (Lipinski definition) is 5. The largest absolute Gasteiger partial charge is 0.325 e. The van der Waals surface area contributed by atoms with E-state index in [4.69, 9.17) is 0 Å². The Morgan fingerprint density at radius 2 is 1.96 bits per heavy atom. The van der Waals surface area contributed by atoms with Gasteiger partial charge in [-0.2, -0.15) is 5.10 Å². The number of benzene rings is 2. The molecule has 2 aromatic carbocycles. The fraction of sp³-hybridized carbons (Fsp3) is 0.286. The zero-order valence-corrected chi connectivity index (χ0v) is 17.2. The molecule has 0 bridgehead atoms. The third-order valence-electron chi connectivity index (χ3n) is 4.79. The van der Waals surface area contributed by atoms with Crippen molar-refractivity contribution in [3.05, 3.63) is 66.7 Å². The van der Waals surface area contributed by atoms with Crippen molar-refractivity contribution in [2.24, 2.45) is 0 Å². The van der Waals surface area contributed by atoms with Crippen LogP contribution in [-0.4, -0.2) is 45.4 Å². The Kier molecular flexibility index (Phi) is 6.84. The van der Waals surface area contributed by atoms with Gasteiger partial charge >= 0.3 is 0 Å². The van der Waals surface area contributed by atoms with Gasteiger partial charge in [0.2, 0.25) is 5.91 Å². The van der Waals surface area contributed by atoms with Crippen LogP contribution >= 0.6 is 11.8 Å². The van der Waals surface area contributed by atoms with Crippen LogP contribution in [0.25, 0.3) is 5.69 Å². The van der Waals surface area contributed by atoms with Gasteiger partial charge in [0.25, 0.3) is 0 Å². The van der Waals surface area contributed by atoms with E-state index < -0.39 is 0 Å². The molecule has 0 aliphatic heterocycles. The van der Waals surface area contributed by atoms with Gasteiger partial charge in [-0.25, -0.2) is 9.67 Å². The van der Waals surface area contributed by atoms with Gasteiger partial charge in [0.1, 0.15) is 12.7 Å². The zero-order valence-electron chi connectivity index (χ0n) is 16.4. The van der Waals surface area contributed by atoms with Crippen molar-refractivity contribution in [3.8, 4) is 5.69 Å². The number of anilines is 1. The van der Waals surface area contributed by atoms with Crippen LogP contribution in [0, 0.1) is 0 Å². The van der Waals surface area contributed by atoms with E-state index in [1.807, 2.05) is 49.7 Å². The number of hydrogen-bond donors (Lipinski definition) is 1. The van der Waals surface area contributed by atoms with Crippen LogP contribution in [0.4, 0.5) is 5.69 Å². The zero-order chi connectivity index (χ0) is 19.9. The van der Waals surface area contributed by atoms with Gasteiger partial charge in [-0.1, -0.05) is 24.3 Å². The van der Waals surface area contributed by atoms with Crippen molar-refractivity contribution in [2.75, 3.05) is 25.2 Å². The average Bonchev–Trinajstić information content (AvgIpc) is 3.27. The SMILES string of the molecule is CSc1ccccc1NC(=O)CCN(C)C(C)c1ccc(-n2cncn2)cc1. The van der Waals surface area contributed by atoms with Crippen molar-refractivity contribution < 1.29 is 4.79 Å². The molecular formula is C21H25N5OS. The number of amides is 1. The van der Waals surface area contributed by atoms with Crippen LogP contribution < -0.4 is 5.32 Å². The second kappa shape index (κ2) is 9.52. The van der Waals surface area contributed by atoms with E-state index in [2.05, 4.69) is 39.4 Å². The lowest BCUT2D eigenvalue weighted by Gasteiger charge is -2.25. The Bertz CT molecular complexity index is 895. The second-order valence-electron chi connectivity index (χ2n) is 6.59. The van der Waals surface area contributed by atoms with Gasteiger partial charge in [-0.15, -0.1) is 11.8 Å². The summed E-state index contributed by atoms with van der Waals surface area (Å²) < 4.78 is 1.73. The maximum absolute atomic E-state index is 12.4. The molecule has 7 heteroatoms. The molecule has 3 aromatic rings. The third-order valence-corrected chi connectivity index (χ3v) is 5.59. The van der Waals surface area contributed by atoms with E-state index in [-0.39, 0.29) is 11.9 Å². The van der Waals surface area contributed by atoms with Crippen molar-refractivity contribution >= 4 is 23.4 Å². The van der Waals surface area contributed by atoms with E-state index in [1.54, 1.807) is 22.8 Å². The third kappa shape index (κ3) is 4.99. The normalized spacial score (nSPS) is 12.1. The molecule has 0 radical (unpaired) electrons. The summed E-state index contributed by atoms with van der Waals surface area (Å²) in [6.45, 7) is 2.82. The Morgan fingerprint density at radius 3 is 2.64 bits per heavy atom. The molecular weight excluding hydrogens is 370 g/mol. The highest BCUT2D eigenvalue weighted by molar-refractivity contribution is 7.98. The summed E-state index contributed by atoms with van der Waals surface area (Å²) in [7, 11) is 2.04. The highest BCUT2D eigenvalue weighted by Crippen LogP contribution is 2.25. The van der Waals surface area contributed by atoms with E-state index in [1.165, 1.54) is 11.9 Å². The number of thioether (sulfide) groups is 1. The second-order valence-corrected chi connectivity index (χ2v) is 7.43. The summed E-state index contributed by atoms with van der Waals surface area (Å²) in [6, 6.07) is 16.3. The van der Waals surface area contributed by atoms with E-state index in [0.717, 1.165) is 16.3 Å². The molecule has 1 amide bonds. The monoisotopic (exact) mass is 395 g/mol. The van der Waals surface area contributed by atoms with Crippen molar-refractivity contribution in [1.29, 1.82) is 0 Å². The average molecular weight is 396 g/mol. The number of nitrogens with zero attached hydrogens (tertiary/aromatic N) is 4. The standard InChI is InChI=1S/C21H25N5OS/c1-16(17-8-10-18(11-9-17)26-15-22-14-23-26)25(2)13-12-21(27)24-19-6-4-5-7-20(19)28-3/h4-11,14-16H,12-13H2,1-3H3,(H,24,27). The van der Waals surface area contributed by atoms with E-state index >= 15 is 0 Å². The highest BCUT2D eigenvalue weighted by Gasteiger charge is 2.14. The van der Waals surface area contributed by atoms with E-state index in [9.17, 15) is 4.79 Å². The maximum atomic E-state index is 12.4. The molecule has 0 aliphatic carbocycles. The fourth-order valence-electron chi connectivity index (χ4n) is 2.93. The smallest absolute Gasteiger partial charge is 0.225 e. The maximum Gasteiger partial charge on any atom is 0.225 e. The van der Waals surface area contributed by atoms with Crippen molar-refractivity contribution in [1.82, 2.24) is 19.7 Å². The summed E-state index contributed by atoms with van der Waals surface area (Å²) in [4.78, 5) is 19.6. The van der Waals surface area contributed by atoms with E-state index in [0.29, 0.717) is 13.0 Å². The first-order valence-electron chi connectivity index (χ1n) is 9.16. The molecule has 0 spiro atoms. The van der Waals surface area contributed by atoms with Gasteiger partial charge in [0, 0.05) is 23.9 Å². The Morgan fingerprint density at radius 1 is 1.21 bits per heavy atom. The first-order chi connectivity index (χ1) is 13.6. The first-order valence-corrected chi connectivity index (χ1v) is 10.4. The number of nitrogens with one attached hydrogen (secondary N) is 1. The minimum Gasteiger partial charge on any atom is -0.325 e. The van der Waals surface area contributed by atoms with Gasteiger partial charge in [0.05, 0.1) is 11.4 Å². The summed E-state index contributed by atoms with van der Waals surface area (Å²) in [6.07, 6.45) is 5.65. The van der Waals surface area contributed by atoms with Crippen LogP contribution in [0.5, 0.6) is 0 Å². The Hall–Kier alpha value is -2.64. The molecule has 0 saturated carbocycles. The molecule has 1 heterocycles. The number of aromatic nitrogens is 3. The van der Waals surface area contributed by atoms with Crippen LogP contribution in [0.3, 0.4) is 0 Å². The molecule has 0 saturated heterocycles. The lowest BCUT2D eigenvalue weighted by atomic mass is 10.1. The van der Waals surface area contributed by atoms with Crippen LogP contribution in [0.15, 0.2) is 66.1 Å². The summed E-state index contributed by atoms with van der Waals surface area (Å²) in [5.74, 6) is 0.0297. The molecule has 1 unspecified atom stereocenters. The summed E-state index contributed by atoms with van der Waals surface area (Å²) in [5, 5.41) is 7.16. The molecule has 146 valence electrons. The number of para-hydroxylation sites is 1. The number of carbonyl (C=O) groups is 1. The Labute approximate surface area is 170 Å². The van der Waals surface area contributed by atoms with Crippen LogP contribution in [0.2, 0.25) is 0 Å². The molecule has 1 N–H and O–H groups in total. The molecule has 0 aliphatic rings. The van der Waals surface area contributed by atoms with Gasteiger partial charge in [0.15, 0.2) is 0 Å². The highest BCUT2D eigenvalue weighted by atomic mass is 32.2. The summed E-state index contributed by atoms with van der Waals surface area (Å²) in [5.41, 5.74) is 3.04. The number of carbonyl (C=O) groups excluding carboxylic acids is 1. The topological polar surface area (TPSA) is 63.1 Å². The molecule has 1 atom stereocenters. The lowest BCUT2D eigenvalue weighted by Crippen LogP contribution is -2.27. The number of rotatable bonds is 8. The van der Waals surface area contributed by atoms with Crippen LogP contribution in [0.1, 0.15) is 24.9 Å². The van der Waals surface area contributed by atoms with Crippen molar-refractivity contribution in [2.45, 2.75) is 24.3 Å². The molecule has 6 nitrogen and oxygen atoms in total. The van der Waals surface area contributed by atoms with Gasteiger partial charge < -0.3 is 5.32 Å². The Balaban J connectivity index is 1.54. The molecule has 28 heavy (non-hydrogen) atoms. The minimum absolute atomic E-state index is 0.0297. The predicted octanol–water partition coefficient (Wildman–Crippen LogP) is 4.01. The van der Waals surface area contributed by atoms with Gasteiger partial charge in [-0.05, 0) is 50.1 Å². The fourth-order valence-corrected chi connectivity index (χ4v) is 3.49. The quantitative estimate of drug-likeness (QED) is 0.584. The predicted molar refractivity (Wildman–Crippen MR) is 114 cm³/mol. The van der Waals surface area contributed by atoms with Crippen molar-refractivity contribution in [3.63, 3.8) is 0 Å². The minimum atomic E-state index is 0.0297. The molecule has 0 fully saturated rings. The summed E-state index contributed by atoms with van der Waals surface area (Å²) >= 11 is 1.63. The van der Waals surface area contributed by atoms with Crippen LogP contribution in [-0.2, 0) is 4.79 Å². The first kappa shape index (κ1) is 20.1. The molecule has 3 rings (SSSR count).